The van der Waals surface area contributed by atoms with Crippen molar-refractivity contribution in [2.24, 2.45) is 5.41 Å². The van der Waals surface area contributed by atoms with Crippen LogP contribution in [0.2, 0.25) is 0 Å². The smallest absolute Gasteiger partial charge is 0.319 e. The van der Waals surface area contributed by atoms with Crippen LogP contribution < -0.4 is 9.64 Å². The first-order chi connectivity index (χ1) is 24.2. The van der Waals surface area contributed by atoms with Crippen LogP contribution in [-0.2, 0) is 15.9 Å². The SMILES string of the molecule is CCc1cccc2cc(O)cc(-c3ncc4c(N5CCOCC(C)(O)C5)nc(OCC56CCCC5N(C5CC(OC)C5)CCC6)nc4c3F)c12. The van der Waals surface area contributed by atoms with Gasteiger partial charge in [-0.05, 0) is 86.9 Å². The Labute approximate surface area is 292 Å². The maximum absolute atomic E-state index is 17.1. The second-order valence-corrected chi connectivity index (χ2v) is 15.2. The number of β-amino-alcohol motifs (C(OH)–C–C–N with tert-alkyl or cyclic N) is 1. The highest BCUT2D eigenvalue weighted by Gasteiger charge is 2.51. The van der Waals surface area contributed by atoms with Crippen LogP contribution in [0.1, 0.15) is 64.4 Å². The molecule has 50 heavy (non-hydrogen) atoms. The van der Waals surface area contributed by atoms with Gasteiger partial charge in [0.1, 0.15) is 28.4 Å². The fourth-order valence-electron chi connectivity index (χ4n) is 9.26. The van der Waals surface area contributed by atoms with E-state index in [4.69, 9.17) is 24.2 Å². The number of ether oxygens (including phenoxy) is 3. The van der Waals surface area contributed by atoms with E-state index in [2.05, 4.69) is 16.8 Å². The molecule has 0 radical (unpaired) electrons. The highest BCUT2D eigenvalue weighted by Crippen LogP contribution is 2.50. The lowest BCUT2D eigenvalue weighted by Crippen LogP contribution is -2.59. The van der Waals surface area contributed by atoms with E-state index in [1.54, 1.807) is 32.4 Å². The van der Waals surface area contributed by atoms with Crippen molar-refractivity contribution >= 4 is 27.5 Å². The molecule has 8 rings (SSSR count). The molecule has 3 unspecified atom stereocenters. The number of aromatic hydroxyl groups is 1. The van der Waals surface area contributed by atoms with Crippen molar-refractivity contribution in [1.82, 2.24) is 19.9 Å². The molecule has 4 fully saturated rings. The molecule has 3 atom stereocenters. The van der Waals surface area contributed by atoms with E-state index >= 15 is 4.39 Å². The first-order valence-corrected chi connectivity index (χ1v) is 18.3. The quantitative estimate of drug-likeness (QED) is 0.228. The van der Waals surface area contributed by atoms with Crippen molar-refractivity contribution in [2.75, 3.05) is 51.5 Å². The number of anilines is 1. The molecule has 2 aromatic heterocycles. The monoisotopic (exact) mass is 685 g/mol. The summed E-state index contributed by atoms with van der Waals surface area (Å²) in [6.07, 6.45) is 10.4. The third-order valence-electron chi connectivity index (χ3n) is 11.8. The number of hydrogen-bond acceptors (Lipinski definition) is 10. The number of aromatic nitrogens is 3. The van der Waals surface area contributed by atoms with Crippen molar-refractivity contribution in [3.63, 3.8) is 0 Å². The Kier molecular flexibility index (Phi) is 8.82. The Hall–Kier alpha value is -3.64. The summed E-state index contributed by atoms with van der Waals surface area (Å²) in [5, 5.41) is 23.9. The van der Waals surface area contributed by atoms with Gasteiger partial charge in [0.25, 0.3) is 0 Å². The minimum Gasteiger partial charge on any atom is -0.508 e. The number of aliphatic hydroxyl groups is 1. The van der Waals surface area contributed by atoms with Gasteiger partial charge in [-0.25, -0.2) is 4.39 Å². The topological polar surface area (TPSA) is 113 Å². The van der Waals surface area contributed by atoms with E-state index in [-0.39, 0.29) is 41.5 Å². The third-order valence-corrected chi connectivity index (χ3v) is 11.8. The number of methoxy groups -OCH3 is 1. The van der Waals surface area contributed by atoms with E-state index in [0.717, 1.165) is 74.2 Å². The second-order valence-electron chi connectivity index (χ2n) is 15.2. The molecule has 2 saturated carbocycles. The van der Waals surface area contributed by atoms with Gasteiger partial charge in [-0.3, -0.25) is 9.88 Å². The lowest BCUT2D eigenvalue weighted by molar-refractivity contribution is -0.0845. The number of halogens is 1. The first kappa shape index (κ1) is 33.5. The number of fused-ring (bicyclic) bond motifs is 3. The molecule has 266 valence electrons. The number of hydrogen-bond donors (Lipinski definition) is 2. The molecular formula is C39H48FN5O5. The summed E-state index contributed by atoms with van der Waals surface area (Å²) in [6, 6.07) is 10.2. The van der Waals surface area contributed by atoms with Crippen molar-refractivity contribution in [3.05, 3.63) is 47.9 Å². The molecule has 2 aliphatic heterocycles. The van der Waals surface area contributed by atoms with Gasteiger partial charge in [0.15, 0.2) is 5.82 Å². The molecule has 0 spiro atoms. The maximum atomic E-state index is 17.1. The third kappa shape index (κ3) is 5.95. The van der Waals surface area contributed by atoms with E-state index in [0.29, 0.717) is 54.7 Å². The zero-order valence-electron chi connectivity index (χ0n) is 29.3. The molecule has 2 N–H and O–H groups in total. The summed E-state index contributed by atoms with van der Waals surface area (Å²) in [4.78, 5) is 19.0. The van der Waals surface area contributed by atoms with Crippen molar-refractivity contribution < 1.29 is 28.8 Å². The molecule has 2 aliphatic carbocycles. The van der Waals surface area contributed by atoms with E-state index < -0.39 is 11.4 Å². The maximum Gasteiger partial charge on any atom is 0.319 e. The standard InChI is InChI=1S/C39H48FN5O5/c1-4-24-8-5-9-25-16-27(46)19-29(32(24)25)34-33(40)35-30(20-41-34)36(44-14-15-49-22-38(2,47)21-44)43-37(42-35)50-23-39-11-6-10-31(39)45(13-7-12-39)26-17-28(18-26)48-3/h5,8-9,16,19-20,26,28,31,46-47H,4,6-7,10-15,17-18,21-23H2,1-3H3. The van der Waals surface area contributed by atoms with Gasteiger partial charge in [0, 0.05) is 42.9 Å². The van der Waals surface area contributed by atoms with Crippen molar-refractivity contribution in [1.29, 1.82) is 0 Å². The Bertz CT molecular complexity index is 1900. The van der Waals surface area contributed by atoms with E-state index in [9.17, 15) is 10.2 Å². The van der Waals surface area contributed by atoms with Crippen molar-refractivity contribution in [2.45, 2.75) is 89.0 Å². The molecule has 4 aliphatic rings. The molecule has 11 heteroatoms. The van der Waals surface area contributed by atoms with Gasteiger partial charge in [-0.2, -0.15) is 9.97 Å². The van der Waals surface area contributed by atoms with Gasteiger partial charge < -0.3 is 29.3 Å². The molecule has 10 nitrogen and oxygen atoms in total. The summed E-state index contributed by atoms with van der Waals surface area (Å²) in [5.41, 5.74) is 0.581. The van der Waals surface area contributed by atoms with Gasteiger partial charge in [0.2, 0.25) is 0 Å². The lowest BCUT2D eigenvalue weighted by Gasteiger charge is -2.53. The van der Waals surface area contributed by atoms with Crippen LogP contribution in [-0.4, -0.2) is 100 Å². The molecule has 0 amide bonds. The largest absolute Gasteiger partial charge is 0.508 e. The summed E-state index contributed by atoms with van der Waals surface area (Å²) in [6.45, 7) is 6.60. The van der Waals surface area contributed by atoms with Crippen LogP contribution in [0.25, 0.3) is 32.9 Å². The summed E-state index contributed by atoms with van der Waals surface area (Å²) in [5.74, 6) is -0.118. The normalized spacial score (nSPS) is 28.8. The highest BCUT2D eigenvalue weighted by molar-refractivity contribution is 6.01. The van der Waals surface area contributed by atoms with Gasteiger partial charge >= 0.3 is 6.01 Å². The van der Waals surface area contributed by atoms with Crippen LogP contribution in [0.15, 0.2) is 36.5 Å². The fourth-order valence-corrected chi connectivity index (χ4v) is 9.26. The minimum absolute atomic E-state index is 0.0199. The lowest BCUT2D eigenvalue weighted by atomic mass is 9.73. The predicted molar refractivity (Wildman–Crippen MR) is 190 cm³/mol. The Morgan fingerprint density at radius 2 is 1.96 bits per heavy atom. The summed E-state index contributed by atoms with van der Waals surface area (Å²) in [7, 11) is 1.80. The van der Waals surface area contributed by atoms with Crippen LogP contribution in [0.5, 0.6) is 11.8 Å². The fraction of sp³-hybridized carbons (Fsp3) is 0.564. The average molecular weight is 686 g/mol. The number of likely N-dealkylation sites (tertiary alicyclic amines) is 1. The second kappa shape index (κ2) is 13.2. The Morgan fingerprint density at radius 1 is 1.12 bits per heavy atom. The van der Waals surface area contributed by atoms with Crippen LogP contribution in [0.3, 0.4) is 0 Å². The molecule has 2 saturated heterocycles. The predicted octanol–water partition coefficient (Wildman–Crippen LogP) is 6.03. The molecular weight excluding hydrogens is 637 g/mol. The number of nitrogens with zero attached hydrogens (tertiary/aromatic N) is 5. The summed E-state index contributed by atoms with van der Waals surface area (Å²) < 4.78 is 35.0. The number of rotatable bonds is 8. The number of pyridine rings is 1. The van der Waals surface area contributed by atoms with E-state index in [1.165, 1.54) is 0 Å². The zero-order chi connectivity index (χ0) is 34.6. The molecule has 4 aromatic rings. The van der Waals surface area contributed by atoms with Crippen LogP contribution >= 0.6 is 0 Å². The van der Waals surface area contributed by atoms with Crippen molar-refractivity contribution in [3.8, 4) is 23.0 Å². The number of phenolic OH excluding ortho intramolecular Hbond substituents is 1. The van der Waals surface area contributed by atoms with Gasteiger partial charge in [-0.15, -0.1) is 0 Å². The zero-order valence-corrected chi connectivity index (χ0v) is 29.3. The molecule has 2 aromatic carbocycles. The molecule has 0 bridgehead atoms. The highest BCUT2D eigenvalue weighted by atomic mass is 19.1. The first-order valence-electron chi connectivity index (χ1n) is 18.3. The number of aryl methyl sites for hydroxylation is 1. The number of piperidine rings is 1. The molecule has 4 heterocycles. The summed E-state index contributed by atoms with van der Waals surface area (Å²) >= 11 is 0. The van der Waals surface area contributed by atoms with Crippen LogP contribution in [0, 0.1) is 11.2 Å². The minimum atomic E-state index is -1.14. The van der Waals surface area contributed by atoms with E-state index in [1.807, 2.05) is 23.1 Å². The Morgan fingerprint density at radius 3 is 2.78 bits per heavy atom. The van der Waals surface area contributed by atoms with Crippen LogP contribution in [0.4, 0.5) is 10.2 Å². The Balaban J connectivity index is 1.20. The average Bonchev–Trinajstić information content (AvgIpc) is 3.44. The van der Waals surface area contributed by atoms with Gasteiger partial charge in [-0.1, -0.05) is 31.5 Å². The van der Waals surface area contributed by atoms with Gasteiger partial charge in [0.05, 0.1) is 37.9 Å². The number of phenols is 1. The number of benzene rings is 2.